The Morgan fingerprint density at radius 3 is 2.61 bits per heavy atom. The topological polar surface area (TPSA) is 95.9 Å². The van der Waals surface area contributed by atoms with Crippen molar-refractivity contribution < 1.29 is 24.5 Å². The van der Waals surface area contributed by atoms with Gasteiger partial charge in [0.25, 0.3) is 0 Å². The molecule has 0 aromatic heterocycles. The molecule has 0 saturated carbocycles. The number of rotatable bonds is 10. The van der Waals surface area contributed by atoms with E-state index in [2.05, 4.69) is 12.2 Å². The standard InChI is InChI=1S/C22H29NO5/c1-4-5-6-10-17(25)19-14(9-7-8-11-24)12-15-20(22(19)28-3)18(26)13-16(23-2)21(15)27/h7-8,12-13,17,23-25H,4-6,9-11H2,1-3H3/b8-7+. The normalized spacial score (nSPS) is 14.8. The lowest BCUT2D eigenvalue weighted by atomic mass is 9.84. The molecule has 6 heteroatoms. The Balaban J connectivity index is 2.63. The smallest absolute Gasteiger partial charge is 0.209 e. The number of aliphatic hydroxyl groups excluding tert-OH is 2. The van der Waals surface area contributed by atoms with Gasteiger partial charge in [0.1, 0.15) is 5.75 Å². The summed E-state index contributed by atoms with van der Waals surface area (Å²) in [7, 11) is 3.04. The first-order chi connectivity index (χ1) is 13.5. The number of allylic oxidation sites excluding steroid dienone is 3. The van der Waals surface area contributed by atoms with Crippen LogP contribution in [-0.4, -0.2) is 42.5 Å². The van der Waals surface area contributed by atoms with Crippen molar-refractivity contribution in [1.82, 2.24) is 5.32 Å². The molecule has 2 rings (SSSR count). The van der Waals surface area contributed by atoms with Crippen LogP contribution in [0.4, 0.5) is 0 Å². The van der Waals surface area contributed by atoms with Crippen molar-refractivity contribution in [2.45, 2.75) is 45.1 Å². The van der Waals surface area contributed by atoms with Gasteiger partial charge >= 0.3 is 0 Å². The molecule has 0 aliphatic heterocycles. The van der Waals surface area contributed by atoms with Crippen molar-refractivity contribution in [3.05, 3.63) is 52.2 Å². The number of ketones is 2. The van der Waals surface area contributed by atoms with Crippen LogP contribution in [0, 0.1) is 0 Å². The lowest BCUT2D eigenvalue weighted by Crippen LogP contribution is -2.26. The molecule has 0 heterocycles. The van der Waals surface area contributed by atoms with Gasteiger partial charge < -0.3 is 20.3 Å². The third kappa shape index (κ3) is 4.51. The van der Waals surface area contributed by atoms with Crippen LogP contribution >= 0.6 is 0 Å². The predicted molar refractivity (Wildman–Crippen MR) is 108 cm³/mol. The highest BCUT2D eigenvalue weighted by Crippen LogP contribution is 2.39. The number of fused-ring (bicyclic) bond motifs is 1. The molecule has 1 aromatic rings. The molecule has 6 nitrogen and oxygen atoms in total. The van der Waals surface area contributed by atoms with Crippen molar-refractivity contribution in [1.29, 1.82) is 0 Å². The molecule has 0 saturated heterocycles. The summed E-state index contributed by atoms with van der Waals surface area (Å²) in [6.07, 6.45) is 7.66. The van der Waals surface area contributed by atoms with Crippen LogP contribution in [0.2, 0.25) is 0 Å². The highest BCUT2D eigenvalue weighted by atomic mass is 16.5. The summed E-state index contributed by atoms with van der Waals surface area (Å²) in [5.74, 6) is -0.344. The number of ether oxygens (including phenoxy) is 1. The minimum Gasteiger partial charge on any atom is -0.496 e. The summed E-state index contributed by atoms with van der Waals surface area (Å²) in [6, 6.07) is 1.67. The molecule has 1 unspecified atom stereocenters. The molecule has 1 atom stereocenters. The first-order valence-electron chi connectivity index (χ1n) is 9.66. The van der Waals surface area contributed by atoms with Crippen LogP contribution in [0.1, 0.15) is 70.6 Å². The van der Waals surface area contributed by atoms with Gasteiger partial charge in [0, 0.05) is 24.3 Å². The highest BCUT2D eigenvalue weighted by Gasteiger charge is 2.32. The Labute approximate surface area is 165 Å². The number of aliphatic hydroxyl groups is 2. The van der Waals surface area contributed by atoms with Gasteiger partial charge in [0.15, 0.2) is 5.78 Å². The maximum atomic E-state index is 12.8. The molecule has 28 heavy (non-hydrogen) atoms. The molecule has 0 bridgehead atoms. The second kappa shape index (κ2) is 10.2. The first-order valence-corrected chi connectivity index (χ1v) is 9.66. The summed E-state index contributed by atoms with van der Waals surface area (Å²) in [5, 5.41) is 22.7. The monoisotopic (exact) mass is 387 g/mol. The van der Waals surface area contributed by atoms with Crippen LogP contribution in [0.25, 0.3) is 0 Å². The third-order valence-electron chi connectivity index (χ3n) is 4.91. The van der Waals surface area contributed by atoms with E-state index in [4.69, 9.17) is 9.84 Å². The average Bonchev–Trinajstić information content (AvgIpc) is 2.69. The molecule has 152 valence electrons. The van der Waals surface area contributed by atoms with Crippen molar-refractivity contribution in [2.24, 2.45) is 0 Å². The Bertz CT molecular complexity index is 795. The van der Waals surface area contributed by atoms with Crippen LogP contribution in [0.5, 0.6) is 5.75 Å². The fourth-order valence-electron chi connectivity index (χ4n) is 3.51. The number of hydrogen-bond donors (Lipinski definition) is 3. The van der Waals surface area contributed by atoms with Gasteiger partial charge in [0.2, 0.25) is 5.78 Å². The van der Waals surface area contributed by atoms with E-state index < -0.39 is 6.10 Å². The van der Waals surface area contributed by atoms with Crippen LogP contribution in [0.15, 0.2) is 30.0 Å². The number of carbonyl (C=O) groups is 2. The minimum atomic E-state index is -0.804. The van der Waals surface area contributed by atoms with Gasteiger partial charge in [-0.1, -0.05) is 38.3 Å². The van der Waals surface area contributed by atoms with E-state index in [1.54, 1.807) is 25.3 Å². The summed E-state index contributed by atoms with van der Waals surface area (Å²) in [4.78, 5) is 25.5. The number of benzene rings is 1. The van der Waals surface area contributed by atoms with Gasteiger partial charge in [-0.3, -0.25) is 9.59 Å². The highest BCUT2D eigenvalue weighted by molar-refractivity contribution is 6.25. The zero-order chi connectivity index (χ0) is 20.7. The van der Waals surface area contributed by atoms with Gasteiger partial charge in [-0.25, -0.2) is 0 Å². The molecular formula is C22H29NO5. The Hall–Kier alpha value is -2.44. The van der Waals surface area contributed by atoms with Gasteiger partial charge in [-0.2, -0.15) is 0 Å². The number of nitrogens with one attached hydrogen (secondary N) is 1. The minimum absolute atomic E-state index is 0.0967. The molecule has 1 aromatic carbocycles. The Morgan fingerprint density at radius 1 is 1.25 bits per heavy atom. The lowest BCUT2D eigenvalue weighted by Gasteiger charge is -2.25. The lowest BCUT2D eigenvalue weighted by molar-refractivity contribution is 0.0975. The van der Waals surface area contributed by atoms with Gasteiger partial charge in [-0.05, 0) is 24.5 Å². The van der Waals surface area contributed by atoms with Crippen LogP contribution < -0.4 is 10.1 Å². The molecule has 3 N–H and O–H groups in total. The predicted octanol–water partition coefficient (Wildman–Crippen LogP) is 2.88. The molecule has 0 amide bonds. The maximum absolute atomic E-state index is 12.8. The van der Waals surface area contributed by atoms with Crippen molar-refractivity contribution in [2.75, 3.05) is 20.8 Å². The number of methoxy groups -OCH3 is 1. The number of Topliss-reactive ketones (excluding diaryl/α,β-unsaturated/α-hetero) is 1. The Morgan fingerprint density at radius 2 is 2.00 bits per heavy atom. The zero-order valence-corrected chi connectivity index (χ0v) is 16.7. The second-order valence-corrected chi connectivity index (χ2v) is 6.78. The van der Waals surface area contributed by atoms with E-state index in [1.165, 1.54) is 13.2 Å². The molecule has 0 spiro atoms. The fraction of sp³-hybridized carbons (Fsp3) is 0.455. The molecule has 1 aliphatic rings. The Kier molecular flexibility index (Phi) is 7.96. The molecule has 0 radical (unpaired) electrons. The van der Waals surface area contributed by atoms with E-state index in [0.29, 0.717) is 24.0 Å². The summed E-state index contributed by atoms with van der Waals surface area (Å²) in [5.41, 5.74) is 1.95. The molecular weight excluding hydrogens is 358 g/mol. The second-order valence-electron chi connectivity index (χ2n) is 6.78. The first kappa shape index (κ1) is 21.9. The van der Waals surface area contributed by atoms with Crippen molar-refractivity contribution in [3.8, 4) is 5.75 Å². The van der Waals surface area contributed by atoms with E-state index >= 15 is 0 Å². The number of likely N-dealkylation sites (N-methyl/N-ethyl adjacent to an activating group) is 1. The van der Waals surface area contributed by atoms with E-state index in [0.717, 1.165) is 19.3 Å². The van der Waals surface area contributed by atoms with Gasteiger partial charge in [-0.15, -0.1) is 0 Å². The average molecular weight is 387 g/mol. The number of unbranched alkanes of at least 4 members (excludes halogenated alkanes) is 2. The zero-order valence-electron chi connectivity index (χ0n) is 16.7. The van der Waals surface area contributed by atoms with E-state index in [9.17, 15) is 14.7 Å². The van der Waals surface area contributed by atoms with E-state index in [1.807, 2.05) is 0 Å². The van der Waals surface area contributed by atoms with Crippen LogP contribution in [-0.2, 0) is 6.42 Å². The molecule has 0 fully saturated rings. The largest absolute Gasteiger partial charge is 0.496 e. The SMILES string of the molecule is CCCCCC(O)c1c(C/C=C/CO)cc2c(c1OC)C(=O)C=C(NC)C2=O. The third-order valence-corrected chi connectivity index (χ3v) is 4.91. The number of carbonyl (C=O) groups excluding carboxylic acids is 2. The van der Waals surface area contributed by atoms with Gasteiger partial charge in [0.05, 0.1) is 31.1 Å². The molecule has 1 aliphatic carbocycles. The summed E-state index contributed by atoms with van der Waals surface area (Å²) in [6.45, 7) is 1.99. The van der Waals surface area contributed by atoms with E-state index in [-0.39, 0.29) is 40.7 Å². The summed E-state index contributed by atoms with van der Waals surface area (Å²) < 4.78 is 5.55. The van der Waals surface area contributed by atoms with Crippen LogP contribution in [0.3, 0.4) is 0 Å². The summed E-state index contributed by atoms with van der Waals surface area (Å²) >= 11 is 0. The van der Waals surface area contributed by atoms with Crippen molar-refractivity contribution >= 4 is 11.6 Å². The fourth-order valence-corrected chi connectivity index (χ4v) is 3.51. The quantitative estimate of drug-likeness (QED) is 0.422. The number of hydrogen-bond acceptors (Lipinski definition) is 6. The maximum Gasteiger partial charge on any atom is 0.209 e. The van der Waals surface area contributed by atoms with Crippen molar-refractivity contribution in [3.63, 3.8) is 0 Å².